The molecule has 0 bridgehead atoms. The van der Waals surface area contributed by atoms with Crippen LogP contribution in [0.2, 0.25) is 0 Å². The number of nitrogens with zero attached hydrogens (tertiary/aromatic N) is 2. The maximum atomic E-state index is 12.1. The Bertz CT molecular complexity index is 973. The van der Waals surface area contributed by atoms with E-state index in [1.54, 1.807) is 6.33 Å². The highest BCUT2D eigenvalue weighted by Crippen LogP contribution is 2.24. The van der Waals surface area contributed by atoms with Crippen LogP contribution in [-0.2, 0) is 16.0 Å². The lowest BCUT2D eigenvalue weighted by Gasteiger charge is -2.20. The number of anilines is 1. The molecule has 0 amide bonds. The van der Waals surface area contributed by atoms with Gasteiger partial charge in [-0.3, -0.25) is 4.79 Å². The molecule has 180 valence electrons. The van der Waals surface area contributed by atoms with Gasteiger partial charge in [0, 0.05) is 18.9 Å². The number of esters is 1. The Morgan fingerprint density at radius 1 is 0.882 bits per heavy atom. The molecule has 3 rings (SSSR count). The van der Waals surface area contributed by atoms with E-state index in [2.05, 4.69) is 63.8 Å². The summed E-state index contributed by atoms with van der Waals surface area (Å²) >= 11 is 0. The number of benzene rings is 2. The first-order valence-corrected chi connectivity index (χ1v) is 12.4. The van der Waals surface area contributed by atoms with E-state index >= 15 is 0 Å². The lowest BCUT2D eigenvalue weighted by Crippen LogP contribution is -2.15. The van der Waals surface area contributed by atoms with Crippen molar-refractivity contribution in [3.63, 3.8) is 0 Å². The first-order valence-electron chi connectivity index (χ1n) is 12.4. The smallest absolute Gasteiger partial charge is 0.305 e. The zero-order valence-electron chi connectivity index (χ0n) is 20.5. The molecule has 0 fully saturated rings. The second-order valence-corrected chi connectivity index (χ2v) is 8.82. The quantitative estimate of drug-likeness (QED) is 0.223. The summed E-state index contributed by atoms with van der Waals surface area (Å²) in [5.74, 6) is 0.290. The normalized spacial score (nSPS) is 11.7. The predicted octanol–water partition coefficient (Wildman–Crippen LogP) is 6.42. The molecule has 1 heterocycles. The fraction of sp³-hybridized carbons (Fsp3) is 0.414. The van der Waals surface area contributed by atoms with Gasteiger partial charge in [0.15, 0.2) is 0 Å². The van der Waals surface area contributed by atoms with Crippen LogP contribution in [0.4, 0.5) is 5.69 Å². The average Bonchev–Trinajstić information content (AvgIpc) is 2.86. The van der Waals surface area contributed by atoms with Crippen LogP contribution >= 0.6 is 0 Å². The van der Waals surface area contributed by atoms with E-state index < -0.39 is 0 Å². The average molecular weight is 460 g/mol. The summed E-state index contributed by atoms with van der Waals surface area (Å²) in [6.07, 6.45) is 7.91. The highest BCUT2D eigenvalue weighted by Gasteiger charge is 2.13. The SMILES string of the molecule is Cc1ncnc(C)c1NCC(CCCCOC(=O)CCCCc1ccccc1)c1ccccc1. The number of aryl methyl sites for hydroxylation is 3. The Kier molecular flexibility index (Phi) is 10.6. The lowest BCUT2D eigenvalue weighted by molar-refractivity contribution is -0.143. The summed E-state index contributed by atoms with van der Waals surface area (Å²) in [6, 6.07) is 21.0. The van der Waals surface area contributed by atoms with Gasteiger partial charge in [-0.2, -0.15) is 0 Å². The van der Waals surface area contributed by atoms with E-state index in [-0.39, 0.29) is 5.97 Å². The van der Waals surface area contributed by atoms with Crippen molar-refractivity contribution in [3.8, 4) is 0 Å². The van der Waals surface area contributed by atoms with Crippen LogP contribution in [0.1, 0.15) is 67.0 Å². The van der Waals surface area contributed by atoms with Crippen molar-refractivity contribution in [1.29, 1.82) is 0 Å². The molecule has 0 saturated carbocycles. The van der Waals surface area contributed by atoms with E-state index in [1.807, 2.05) is 26.0 Å². The summed E-state index contributed by atoms with van der Waals surface area (Å²) in [7, 11) is 0. The molecule has 3 aromatic rings. The van der Waals surface area contributed by atoms with E-state index in [4.69, 9.17) is 4.74 Å². The number of hydrogen-bond acceptors (Lipinski definition) is 5. The summed E-state index contributed by atoms with van der Waals surface area (Å²) in [5, 5.41) is 3.57. The van der Waals surface area contributed by atoms with Crippen molar-refractivity contribution < 1.29 is 9.53 Å². The van der Waals surface area contributed by atoms with Crippen LogP contribution in [0, 0.1) is 13.8 Å². The monoisotopic (exact) mass is 459 g/mol. The number of ether oxygens (including phenoxy) is 1. The first kappa shape index (κ1) is 25.4. The first-order chi connectivity index (χ1) is 16.6. The zero-order valence-corrected chi connectivity index (χ0v) is 20.5. The number of nitrogens with one attached hydrogen (secondary N) is 1. The molecule has 34 heavy (non-hydrogen) atoms. The van der Waals surface area contributed by atoms with Gasteiger partial charge in [-0.1, -0.05) is 60.7 Å². The molecule has 1 N–H and O–H groups in total. The number of rotatable bonds is 14. The largest absolute Gasteiger partial charge is 0.466 e. The maximum absolute atomic E-state index is 12.1. The molecule has 2 aromatic carbocycles. The van der Waals surface area contributed by atoms with Crippen LogP contribution in [0.25, 0.3) is 0 Å². The van der Waals surface area contributed by atoms with Gasteiger partial charge in [0.25, 0.3) is 0 Å². The zero-order chi connectivity index (χ0) is 24.0. The third-order valence-electron chi connectivity index (χ3n) is 6.17. The van der Waals surface area contributed by atoms with Crippen molar-refractivity contribution in [3.05, 3.63) is 89.5 Å². The molecule has 0 saturated heterocycles. The molecule has 5 nitrogen and oxygen atoms in total. The molecule has 0 radical (unpaired) electrons. The Hall–Kier alpha value is -3.21. The number of carbonyl (C=O) groups is 1. The molecule has 0 spiro atoms. The number of hydrogen-bond donors (Lipinski definition) is 1. The number of aromatic nitrogens is 2. The summed E-state index contributed by atoms with van der Waals surface area (Å²) in [4.78, 5) is 20.7. The third-order valence-corrected chi connectivity index (χ3v) is 6.17. The van der Waals surface area contributed by atoms with Gasteiger partial charge in [-0.05, 0) is 63.5 Å². The third kappa shape index (κ3) is 8.62. The van der Waals surface area contributed by atoms with E-state index in [1.165, 1.54) is 11.1 Å². The van der Waals surface area contributed by atoms with Gasteiger partial charge in [-0.25, -0.2) is 9.97 Å². The van der Waals surface area contributed by atoms with Crippen LogP contribution < -0.4 is 5.32 Å². The van der Waals surface area contributed by atoms with Crippen LogP contribution in [0.15, 0.2) is 67.0 Å². The van der Waals surface area contributed by atoms with Crippen LogP contribution in [0.5, 0.6) is 0 Å². The van der Waals surface area contributed by atoms with Crippen molar-refractivity contribution in [2.45, 2.75) is 64.7 Å². The Balaban J connectivity index is 1.36. The van der Waals surface area contributed by atoms with Gasteiger partial charge in [0.1, 0.15) is 6.33 Å². The minimum Gasteiger partial charge on any atom is -0.466 e. The summed E-state index contributed by atoms with van der Waals surface area (Å²) in [6.45, 7) is 5.33. The minimum absolute atomic E-state index is 0.0793. The fourth-order valence-corrected chi connectivity index (χ4v) is 4.18. The van der Waals surface area contributed by atoms with E-state index in [0.29, 0.717) is 18.9 Å². The Morgan fingerprint density at radius 2 is 1.56 bits per heavy atom. The van der Waals surface area contributed by atoms with Gasteiger partial charge in [0.2, 0.25) is 0 Å². The summed E-state index contributed by atoms with van der Waals surface area (Å²) in [5.41, 5.74) is 5.59. The maximum Gasteiger partial charge on any atom is 0.305 e. The molecule has 1 aromatic heterocycles. The van der Waals surface area contributed by atoms with Crippen molar-refractivity contribution in [1.82, 2.24) is 9.97 Å². The topological polar surface area (TPSA) is 64.1 Å². The van der Waals surface area contributed by atoms with Crippen LogP contribution in [-0.4, -0.2) is 29.1 Å². The van der Waals surface area contributed by atoms with E-state index in [0.717, 1.165) is 62.1 Å². The minimum atomic E-state index is -0.0793. The molecule has 5 heteroatoms. The number of unbranched alkanes of at least 4 members (excludes halogenated alkanes) is 2. The Labute approximate surface area is 204 Å². The molecule has 0 aliphatic carbocycles. The highest BCUT2D eigenvalue weighted by molar-refractivity contribution is 5.69. The van der Waals surface area contributed by atoms with Crippen molar-refractivity contribution in [2.24, 2.45) is 0 Å². The predicted molar refractivity (Wildman–Crippen MR) is 138 cm³/mol. The van der Waals surface area contributed by atoms with E-state index in [9.17, 15) is 4.79 Å². The second-order valence-electron chi connectivity index (χ2n) is 8.82. The van der Waals surface area contributed by atoms with Gasteiger partial charge >= 0.3 is 5.97 Å². The van der Waals surface area contributed by atoms with Crippen LogP contribution in [0.3, 0.4) is 0 Å². The van der Waals surface area contributed by atoms with Gasteiger partial charge in [0.05, 0.1) is 23.7 Å². The van der Waals surface area contributed by atoms with Crippen molar-refractivity contribution >= 4 is 11.7 Å². The molecule has 1 atom stereocenters. The molecular formula is C29H37N3O2. The molecular weight excluding hydrogens is 422 g/mol. The highest BCUT2D eigenvalue weighted by atomic mass is 16.5. The Morgan fingerprint density at radius 3 is 2.26 bits per heavy atom. The lowest BCUT2D eigenvalue weighted by atomic mass is 9.93. The standard InChI is InChI=1S/C29H37N3O2/c1-23-29(24(2)32-22-31-23)30-21-27(26-16-7-4-8-17-26)18-11-12-20-34-28(33)19-10-9-15-25-13-5-3-6-14-25/h3-8,13-14,16-17,22,27,30H,9-12,15,18-21H2,1-2H3. The van der Waals surface area contributed by atoms with Crippen molar-refractivity contribution in [2.75, 3.05) is 18.5 Å². The molecule has 0 aliphatic heterocycles. The van der Waals surface area contributed by atoms with Gasteiger partial charge in [-0.15, -0.1) is 0 Å². The molecule has 1 unspecified atom stereocenters. The summed E-state index contributed by atoms with van der Waals surface area (Å²) < 4.78 is 5.47. The van der Waals surface area contributed by atoms with Gasteiger partial charge < -0.3 is 10.1 Å². The fourth-order valence-electron chi connectivity index (χ4n) is 4.18. The molecule has 0 aliphatic rings. The number of carbonyl (C=O) groups excluding carboxylic acids is 1. The second kappa shape index (κ2) is 14.1.